The zero-order valence-corrected chi connectivity index (χ0v) is 11.6. The molecule has 0 saturated carbocycles. The van der Waals surface area contributed by atoms with Gasteiger partial charge in [-0.15, -0.1) is 0 Å². The van der Waals surface area contributed by atoms with E-state index in [9.17, 15) is 0 Å². The summed E-state index contributed by atoms with van der Waals surface area (Å²) in [5.41, 5.74) is 2.80. The summed E-state index contributed by atoms with van der Waals surface area (Å²) >= 11 is 0. The number of nitrogens with one attached hydrogen (secondary N) is 1. The summed E-state index contributed by atoms with van der Waals surface area (Å²) < 4.78 is 1.92. The molecular formula is C14H19N5. The summed E-state index contributed by atoms with van der Waals surface area (Å²) in [6.45, 7) is 4.60. The van der Waals surface area contributed by atoms with Crippen molar-refractivity contribution in [2.75, 3.05) is 7.05 Å². The van der Waals surface area contributed by atoms with Gasteiger partial charge in [-0.25, -0.2) is 9.67 Å². The first-order chi connectivity index (χ1) is 9.11. The predicted octanol–water partition coefficient (Wildman–Crippen LogP) is 1.90. The summed E-state index contributed by atoms with van der Waals surface area (Å²) in [6.07, 6.45) is 9.23. The Labute approximate surface area is 113 Å². The molecule has 5 nitrogen and oxygen atoms in total. The summed E-state index contributed by atoms with van der Waals surface area (Å²) in [5, 5.41) is 7.90. The molecule has 0 aliphatic heterocycles. The van der Waals surface area contributed by atoms with Crippen LogP contribution < -0.4 is 5.32 Å². The summed E-state index contributed by atoms with van der Waals surface area (Å²) in [5.74, 6) is 0.788. The zero-order valence-electron chi connectivity index (χ0n) is 11.6. The summed E-state index contributed by atoms with van der Waals surface area (Å²) in [6, 6.07) is 0.365. The lowest BCUT2D eigenvalue weighted by Gasteiger charge is -2.35. The van der Waals surface area contributed by atoms with Crippen LogP contribution in [0.5, 0.6) is 0 Å². The van der Waals surface area contributed by atoms with Gasteiger partial charge in [0.1, 0.15) is 0 Å². The first kappa shape index (κ1) is 12.3. The van der Waals surface area contributed by atoms with Gasteiger partial charge in [-0.3, -0.25) is 4.98 Å². The van der Waals surface area contributed by atoms with Crippen molar-refractivity contribution in [2.24, 2.45) is 5.41 Å². The standard InChI is InChI=1S/C14H19N5/c1-14(2)6-11(15-3)10-8-18-19(12(10)7-14)13-9-16-4-5-17-13/h4-5,8-9,11,15H,6-7H2,1-3H3. The fraction of sp³-hybridized carbons (Fsp3) is 0.500. The third-order valence-corrected chi connectivity index (χ3v) is 3.79. The van der Waals surface area contributed by atoms with E-state index in [4.69, 9.17) is 0 Å². The molecule has 2 aromatic heterocycles. The van der Waals surface area contributed by atoms with Crippen LogP contribution in [0.1, 0.15) is 37.6 Å². The van der Waals surface area contributed by atoms with Gasteiger partial charge < -0.3 is 5.32 Å². The lowest BCUT2D eigenvalue weighted by atomic mass is 9.74. The van der Waals surface area contributed by atoms with Crippen molar-refractivity contribution < 1.29 is 0 Å². The molecule has 0 aromatic carbocycles. The second kappa shape index (κ2) is 4.42. The molecule has 100 valence electrons. The molecule has 19 heavy (non-hydrogen) atoms. The van der Waals surface area contributed by atoms with Gasteiger partial charge in [0, 0.05) is 24.0 Å². The number of fused-ring (bicyclic) bond motifs is 1. The summed E-state index contributed by atoms with van der Waals surface area (Å²) in [4.78, 5) is 8.47. The predicted molar refractivity (Wildman–Crippen MR) is 73.1 cm³/mol. The van der Waals surface area contributed by atoms with Crippen molar-refractivity contribution in [3.63, 3.8) is 0 Å². The molecule has 0 fully saturated rings. The Morgan fingerprint density at radius 2 is 2.16 bits per heavy atom. The van der Waals surface area contributed by atoms with Crippen molar-refractivity contribution >= 4 is 0 Å². The molecule has 1 atom stereocenters. The van der Waals surface area contributed by atoms with Gasteiger partial charge in [-0.2, -0.15) is 5.10 Å². The van der Waals surface area contributed by atoms with E-state index in [1.54, 1.807) is 18.6 Å². The molecule has 0 radical (unpaired) electrons. The zero-order chi connectivity index (χ0) is 13.5. The highest BCUT2D eigenvalue weighted by Gasteiger charge is 2.34. The first-order valence-electron chi connectivity index (χ1n) is 6.61. The maximum absolute atomic E-state index is 4.51. The van der Waals surface area contributed by atoms with Crippen LogP contribution in [-0.4, -0.2) is 26.8 Å². The van der Waals surface area contributed by atoms with E-state index in [2.05, 4.69) is 34.2 Å². The number of rotatable bonds is 2. The molecular weight excluding hydrogens is 238 g/mol. The Kier molecular flexibility index (Phi) is 2.86. The van der Waals surface area contributed by atoms with Gasteiger partial charge in [-0.1, -0.05) is 13.8 Å². The van der Waals surface area contributed by atoms with Crippen molar-refractivity contribution in [2.45, 2.75) is 32.7 Å². The Hall–Kier alpha value is -1.75. The number of nitrogens with zero attached hydrogens (tertiary/aromatic N) is 4. The minimum absolute atomic E-state index is 0.265. The van der Waals surface area contributed by atoms with E-state index in [1.165, 1.54) is 11.3 Å². The van der Waals surface area contributed by atoms with Crippen LogP contribution >= 0.6 is 0 Å². The van der Waals surface area contributed by atoms with Gasteiger partial charge >= 0.3 is 0 Å². The monoisotopic (exact) mass is 257 g/mol. The van der Waals surface area contributed by atoms with Crippen LogP contribution in [0, 0.1) is 5.41 Å². The van der Waals surface area contributed by atoms with E-state index in [0.29, 0.717) is 6.04 Å². The number of aromatic nitrogens is 4. The highest BCUT2D eigenvalue weighted by atomic mass is 15.3. The molecule has 0 saturated heterocycles. The lowest BCUT2D eigenvalue weighted by molar-refractivity contribution is 0.260. The lowest BCUT2D eigenvalue weighted by Crippen LogP contribution is -2.32. The van der Waals surface area contributed by atoms with Crippen LogP contribution in [0.15, 0.2) is 24.8 Å². The van der Waals surface area contributed by atoms with Gasteiger partial charge in [0.25, 0.3) is 0 Å². The molecule has 2 heterocycles. The van der Waals surface area contributed by atoms with E-state index in [-0.39, 0.29) is 5.41 Å². The highest BCUT2D eigenvalue weighted by Crippen LogP contribution is 2.40. The molecule has 0 amide bonds. The van der Waals surface area contributed by atoms with E-state index in [1.807, 2.05) is 17.9 Å². The average molecular weight is 257 g/mol. The molecule has 3 rings (SSSR count). The molecule has 0 spiro atoms. The fourth-order valence-corrected chi connectivity index (χ4v) is 2.90. The van der Waals surface area contributed by atoms with E-state index >= 15 is 0 Å². The number of hydrogen-bond acceptors (Lipinski definition) is 4. The van der Waals surface area contributed by atoms with Crippen LogP contribution in [0.3, 0.4) is 0 Å². The molecule has 1 unspecified atom stereocenters. The maximum Gasteiger partial charge on any atom is 0.172 e. The van der Waals surface area contributed by atoms with Crippen LogP contribution in [0.25, 0.3) is 5.82 Å². The first-order valence-corrected chi connectivity index (χ1v) is 6.61. The minimum atomic E-state index is 0.265. The number of hydrogen-bond donors (Lipinski definition) is 1. The van der Waals surface area contributed by atoms with Gasteiger partial charge in [0.15, 0.2) is 5.82 Å². The highest BCUT2D eigenvalue weighted by molar-refractivity contribution is 5.32. The maximum atomic E-state index is 4.51. The van der Waals surface area contributed by atoms with Crippen LogP contribution in [0.2, 0.25) is 0 Å². The van der Waals surface area contributed by atoms with E-state index in [0.717, 1.165) is 18.7 Å². The largest absolute Gasteiger partial charge is 0.313 e. The smallest absolute Gasteiger partial charge is 0.172 e. The van der Waals surface area contributed by atoms with Gasteiger partial charge in [0.2, 0.25) is 0 Å². The normalized spacial score (nSPS) is 21.1. The van der Waals surface area contributed by atoms with Crippen molar-refractivity contribution in [1.82, 2.24) is 25.1 Å². The SMILES string of the molecule is CNC1CC(C)(C)Cc2c1cnn2-c1cnccn1. The third-order valence-electron chi connectivity index (χ3n) is 3.79. The van der Waals surface area contributed by atoms with Crippen molar-refractivity contribution in [3.05, 3.63) is 36.0 Å². The minimum Gasteiger partial charge on any atom is -0.313 e. The van der Waals surface area contributed by atoms with Gasteiger partial charge in [-0.05, 0) is 25.3 Å². The molecule has 0 bridgehead atoms. The molecule has 1 N–H and O–H groups in total. The van der Waals surface area contributed by atoms with Crippen molar-refractivity contribution in [1.29, 1.82) is 0 Å². The summed E-state index contributed by atoms with van der Waals surface area (Å²) in [7, 11) is 2.01. The molecule has 2 aromatic rings. The Balaban J connectivity index is 2.09. The van der Waals surface area contributed by atoms with Crippen LogP contribution in [0.4, 0.5) is 0 Å². The quantitative estimate of drug-likeness (QED) is 0.892. The molecule has 1 aliphatic carbocycles. The Morgan fingerprint density at radius 1 is 1.32 bits per heavy atom. The molecule has 5 heteroatoms. The third kappa shape index (κ3) is 2.14. The second-order valence-corrected chi connectivity index (χ2v) is 5.91. The Morgan fingerprint density at radius 3 is 2.84 bits per heavy atom. The van der Waals surface area contributed by atoms with E-state index < -0.39 is 0 Å². The topological polar surface area (TPSA) is 55.6 Å². The average Bonchev–Trinajstić information content (AvgIpc) is 2.81. The van der Waals surface area contributed by atoms with Gasteiger partial charge in [0.05, 0.1) is 18.1 Å². The molecule has 1 aliphatic rings. The van der Waals surface area contributed by atoms with Crippen LogP contribution in [-0.2, 0) is 6.42 Å². The van der Waals surface area contributed by atoms with Crippen molar-refractivity contribution in [3.8, 4) is 5.82 Å². The Bertz CT molecular complexity index is 573. The second-order valence-electron chi connectivity index (χ2n) is 5.91. The fourth-order valence-electron chi connectivity index (χ4n) is 2.90.